The normalized spacial score (nSPS) is 9.62. The van der Waals surface area contributed by atoms with Crippen molar-refractivity contribution in [3.63, 3.8) is 0 Å². The van der Waals surface area contributed by atoms with Crippen LogP contribution in [0.2, 0.25) is 0 Å². The van der Waals surface area contributed by atoms with E-state index in [1.54, 1.807) is 12.1 Å². The van der Waals surface area contributed by atoms with Gasteiger partial charge in [0.25, 0.3) is 0 Å². The van der Waals surface area contributed by atoms with Gasteiger partial charge in [0.2, 0.25) is 0 Å². The molecule has 1 heterocycles. The second kappa shape index (κ2) is 2.15. The second-order valence-corrected chi connectivity index (χ2v) is 2.54. The van der Waals surface area contributed by atoms with Crippen LogP contribution in [0.25, 0.3) is 0 Å². The largest absolute Gasteiger partial charge is 0.499 e. The molecule has 0 unspecified atom stereocenters. The van der Waals surface area contributed by atoms with Crippen LogP contribution in [0.5, 0.6) is 5.06 Å². The quantitative estimate of drug-likeness (QED) is 0.594. The van der Waals surface area contributed by atoms with Crippen molar-refractivity contribution in [3.8, 4) is 5.06 Å². The van der Waals surface area contributed by atoms with Gasteiger partial charge in [-0.2, -0.15) is 0 Å². The van der Waals surface area contributed by atoms with Crippen LogP contribution in [0.3, 0.4) is 0 Å². The first-order chi connectivity index (χ1) is 3.83. The summed E-state index contributed by atoms with van der Waals surface area (Å²) in [6.45, 7) is 0.0191. The standard InChI is InChI=1S/C5H6O2S/c6-3-4-1-2-5(7)8-4/h1-2,6-7H,3H2. The topological polar surface area (TPSA) is 40.5 Å². The first-order valence-electron chi connectivity index (χ1n) is 2.21. The molecule has 0 saturated heterocycles. The Labute approximate surface area is 51.0 Å². The SMILES string of the molecule is OCc1ccc(O)s1. The minimum Gasteiger partial charge on any atom is -0.499 e. The lowest BCUT2D eigenvalue weighted by Crippen LogP contribution is -1.69. The molecule has 2 N–H and O–H groups in total. The van der Waals surface area contributed by atoms with E-state index in [2.05, 4.69) is 0 Å². The summed E-state index contributed by atoms with van der Waals surface area (Å²) in [7, 11) is 0. The van der Waals surface area contributed by atoms with Crippen LogP contribution < -0.4 is 0 Å². The number of aliphatic hydroxyl groups excluding tert-OH is 1. The molecule has 0 aliphatic heterocycles. The third-order valence-corrected chi connectivity index (χ3v) is 1.68. The van der Waals surface area contributed by atoms with Gasteiger partial charge >= 0.3 is 0 Å². The van der Waals surface area contributed by atoms with Crippen LogP contribution in [0.15, 0.2) is 12.1 Å². The molecule has 1 aromatic rings. The van der Waals surface area contributed by atoms with E-state index in [9.17, 15) is 0 Å². The highest BCUT2D eigenvalue weighted by Gasteiger charge is 1.92. The van der Waals surface area contributed by atoms with Gasteiger partial charge in [-0.25, -0.2) is 0 Å². The zero-order valence-electron chi connectivity index (χ0n) is 4.16. The van der Waals surface area contributed by atoms with Crippen LogP contribution in [-0.4, -0.2) is 10.2 Å². The molecule has 0 saturated carbocycles. The molecule has 0 radical (unpaired) electrons. The van der Waals surface area contributed by atoms with Gasteiger partial charge in [-0.15, -0.1) is 11.3 Å². The number of hydrogen-bond acceptors (Lipinski definition) is 3. The lowest BCUT2D eigenvalue weighted by Gasteiger charge is -1.79. The molecule has 0 aliphatic rings. The maximum Gasteiger partial charge on any atom is 0.171 e. The van der Waals surface area contributed by atoms with Gasteiger partial charge in [-0.05, 0) is 12.1 Å². The second-order valence-electron chi connectivity index (χ2n) is 1.40. The minimum absolute atomic E-state index is 0.0191. The van der Waals surface area contributed by atoms with Crippen LogP contribution in [-0.2, 0) is 6.61 Å². The van der Waals surface area contributed by atoms with Gasteiger partial charge in [0, 0.05) is 4.88 Å². The summed E-state index contributed by atoms with van der Waals surface area (Å²) in [5, 5.41) is 17.4. The fourth-order valence-electron chi connectivity index (χ4n) is 0.452. The molecule has 1 aromatic heterocycles. The minimum atomic E-state index is 0.0191. The Bertz CT molecular complexity index is 171. The summed E-state index contributed by atoms with van der Waals surface area (Å²) < 4.78 is 0. The predicted molar refractivity (Wildman–Crippen MR) is 31.9 cm³/mol. The molecule has 3 heteroatoms. The monoisotopic (exact) mass is 130 g/mol. The molecule has 0 fully saturated rings. The molecule has 8 heavy (non-hydrogen) atoms. The number of hydrogen-bond donors (Lipinski definition) is 2. The fraction of sp³-hybridized carbons (Fsp3) is 0.200. The van der Waals surface area contributed by atoms with Crippen LogP contribution in [0.4, 0.5) is 0 Å². The highest BCUT2D eigenvalue weighted by Crippen LogP contribution is 2.21. The van der Waals surface area contributed by atoms with E-state index in [0.29, 0.717) is 0 Å². The Balaban J connectivity index is 2.84. The van der Waals surface area contributed by atoms with Crippen LogP contribution in [0.1, 0.15) is 4.88 Å². The van der Waals surface area contributed by atoms with E-state index in [4.69, 9.17) is 10.2 Å². The van der Waals surface area contributed by atoms with Crippen LogP contribution >= 0.6 is 11.3 Å². The Hall–Kier alpha value is -0.540. The van der Waals surface area contributed by atoms with Gasteiger partial charge in [0.05, 0.1) is 6.61 Å². The summed E-state index contributed by atoms with van der Waals surface area (Å²) in [4.78, 5) is 0.794. The van der Waals surface area contributed by atoms with Gasteiger partial charge < -0.3 is 10.2 Å². The van der Waals surface area contributed by atoms with Crippen molar-refractivity contribution >= 4 is 11.3 Å². The lowest BCUT2D eigenvalue weighted by atomic mass is 10.5. The highest BCUT2D eigenvalue weighted by atomic mass is 32.1. The average molecular weight is 130 g/mol. The maximum absolute atomic E-state index is 8.69. The summed E-state index contributed by atoms with van der Waals surface area (Å²) in [5.41, 5.74) is 0. The summed E-state index contributed by atoms with van der Waals surface area (Å²) in [5.74, 6) is 0. The van der Waals surface area contributed by atoms with Gasteiger partial charge in [-0.3, -0.25) is 0 Å². The van der Waals surface area contributed by atoms with E-state index in [1.807, 2.05) is 0 Å². The van der Waals surface area contributed by atoms with Gasteiger partial charge in [0.15, 0.2) is 5.06 Å². The summed E-state index contributed by atoms with van der Waals surface area (Å²) in [6.07, 6.45) is 0. The van der Waals surface area contributed by atoms with Crippen molar-refractivity contribution in [2.45, 2.75) is 6.61 Å². The van der Waals surface area contributed by atoms with Crippen molar-refractivity contribution < 1.29 is 10.2 Å². The van der Waals surface area contributed by atoms with Crippen molar-refractivity contribution in [3.05, 3.63) is 17.0 Å². The Morgan fingerprint density at radius 3 is 2.50 bits per heavy atom. The van der Waals surface area contributed by atoms with E-state index in [-0.39, 0.29) is 11.7 Å². The Kier molecular flexibility index (Phi) is 1.50. The van der Waals surface area contributed by atoms with Crippen molar-refractivity contribution in [1.29, 1.82) is 0 Å². The summed E-state index contributed by atoms with van der Waals surface area (Å²) in [6, 6.07) is 3.26. The molecule has 0 bridgehead atoms. The van der Waals surface area contributed by atoms with Crippen molar-refractivity contribution in [2.24, 2.45) is 0 Å². The van der Waals surface area contributed by atoms with Crippen LogP contribution in [0, 0.1) is 0 Å². The number of rotatable bonds is 1. The first-order valence-corrected chi connectivity index (χ1v) is 3.03. The lowest BCUT2D eigenvalue weighted by molar-refractivity contribution is 0.285. The molecule has 0 amide bonds. The van der Waals surface area contributed by atoms with Crippen molar-refractivity contribution in [2.75, 3.05) is 0 Å². The molecule has 0 aliphatic carbocycles. The molecular weight excluding hydrogens is 124 g/mol. The third kappa shape index (κ3) is 0.993. The van der Waals surface area contributed by atoms with Crippen molar-refractivity contribution in [1.82, 2.24) is 0 Å². The number of aliphatic hydroxyl groups is 1. The maximum atomic E-state index is 8.69. The Morgan fingerprint density at radius 2 is 2.25 bits per heavy atom. The average Bonchev–Trinajstić information content (AvgIpc) is 2.14. The summed E-state index contributed by atoms with van der Waals surface area (Å²) >= 11 is 1.19. The van der Waals surface area contributed by atoms with Gasteiger partial charge in [-0.1, -0.05) is 0 Å². The van der Waals surface area contributed by atoms with Gasteiger partial charge in [0.1, 0.15) is 0 Å². The smallest absolute Gasteiger partial charge is 0.171 e. The molecule has 44 valence electrons. The number of aromatic hydroxyl groups is 1. The van der Waals surface area contributed by atoms with E-state index in [1.165, 1.54) is 11.3 Å². The Morgan fingerprint density at radius 1 is 1.50 bits per heavy atom. The van der Waals surface area contributed by atoms with E-state index >= 15 is 0 Å². The highest BCUT2D eigenvalue weighted by molar-refractivity contribution is 7.13. The zero-order chi connectivity index (χ0) is 5.98. The molecular formula is C5H6O2S. The third-order valence-electron chi connectivity index (χ3n) is 0.803. The fourth-order valence-corrected chi connectivity index (χ4v) is 1.06. The van der Waals surface area contributed by atoms with E-state index in [0.717, 1.165) is 4.88 Å². The zero-order valence-corrected chi connectivity index (χ0v) is 4.98. The molecule has 2 nitrogen and oxygen atoms in total. The molecule has 0 atom stereocenters. The van der Waals surface area contributed by atoms with E-state index < -0.39 is 0 Å². The molecule has 0 spiro atoms. The predicted octanol–water partition coefficient (Wildman–Crippen LogP) is 0.946. The first kappa shape index (κ1) is 5.59. The molecule has 1 rings (SSSR count). The molecule has 0 aromatic carbocycles. The number of thiophene rings is 1.